The number of carbonyl (C=O) groups is 2. The number of carbonyl (C=O) groups excluding carboxylic acids is 2. The molecular formula is C30H25N7O7S. The van der Waals surface area contributed by atoms with Crippen LogP contribution in [0.2, 0.25) is 0 Å². The number of H-pyrrole nitrogens is 1. The van der Waals surface area contributed by atoms with E-state index in [1.807, 2.05) is 6.07 Å². The summed E-state index contributed by atoms with van der Waals surface area (Å²) in [6.45, 7) is 1.07. The molecule has 1 aliphatic rings. The van der Waals surface area contributed by atoms with Crippen LogP contribution in [0.5, 0.6) is 0 Å². The van der Waals surface area contributed by atoms with Crippen molar-refractivity contribution in [3.8, 4) is 17.5 Å². The van der Waals surface area contributed by atoms with E-state index in [9.17, 15) is 28.1 Å². The molecule has 1 fully saturated rings. The number of nitrogens with zero attached hydrogens (tertiary/aromatic N) is 4. The van der Waals surface area contributed by atoms with Crippen LogP contribution in [0.4, 0.5) is 11.4 Å². The smallest absolute Gasteiger partial charge is 0.379 e. The van der Waals surface area contributed by atoms with Gasteiger partial charge in [-0.2, -0.15) is 9.57 Å². The first kappa shape index (κ1) is 29.5. The van der Waals surface area contributed by atoms with Gasteiger partial charge in [0.2, 0.25) is 10.0 Å². The number of morpholine rings is 1. The van der Waals surface area contributed by atoms with E-state index in [0.29, 0.717) is 29.8 Å². The molecule has 2 amide bonds. The molecule has 0 atom stereocenters. The Labute approximate surface area is 255 Å². The number of sulfonamides is 1. The second-order valence-corrected chi connectivity index (χ2v) is 12.0. The van der Waals surface area contributed by atoms with Gasteiger partial charge in [0.05, 0.1) is 46.6 Å². The Morgan fingerprint density at radius 1 is 0.978 bits per heavy atom. The molecule has 0 bridgehead atoms. The summed E-state index contributed by atoms with van der Waals surface area (Å²) in [4.78, 5) is 40.8. The molecular weight excluding hydrogens is 602 g/mol. The van der Waals surface area contributed by atoms with Crippen LogP contribution in [-0.2, 0) is 21.8 Å². The molecule has 45 heavy (non-hydrogen) atoms. The molecule has 0 spiro atoms. The topological polar surface area (TPSA) is 192 Å². The van der Waals surface area contributed by atoms with Crippen LogP contribution in [0.3, 0.4) is 0 Å². The SMILES string of the molecule is Cn1c(C(=O)Nc2ccc(C#N)cc2-c2noc(=O)[nH]2)cc2cccc(NC(=O)c3cccc(S(=O)(=O)N4CCOCC4)c3)c21. The van der Waals surface area contributed by atoms with Gasteiger partial charge in [-0.1, -0.05) is 23.4 Å². The van der Waals surface area contributed by atoms with E-state index in [-0.39, 0.29) is 51.9 Å². The van der Waals surface area contributed by atoms with Gasteiger partial charge in [0.1, 0.15) is 5.69 Å². The Bertz CT molecular complexity index is 2170. The van der Waals surface area contributed by atoms with Gasteiger partial charge in [0.25, 0.3) is 11.8 Å². The molecule has 1 aliphatic heterocycles. The maximum Gasteiger partial charge on any atom is 0.439 e. The molecule has 14 nitrogen and oxygen atoms in total. The first-order valence-electron chi connectivity index (χ1n) is 13.7. The Balaban J connectivity index is 1.28. The lowest BCUT2D eigenvalue weighted by atomic mass is 10.1. The van der Waals surface area contributed by atoms with Crippen molar-refractivity contribution in [3.63, 3.8) is 0 Å². The number of benzene rings is 3. The second-order valence-electron chi connectivity index (χ2n) is 10.1. The van der Waals surface area contributed by atoms with E-state index in [1.54, 1.807) is 35.9 Å². The van der Waals surface area contributed by atoms with Crippen molar-refractivity contribution in [1.29, 1.82) is 5.26 Å². The molecule has 6 rings (SSSR count). The number of para-hydroxylation sites is 1. The zero-order valence-electron chi connectivity index (χ0n) is 23.7. The van der Waals surface area contributed by atoms with E-state index < -0.39 is 27.6 Å². The number of hydrogen-bond donors (Lipinski definition) is 3. The third-order valence-electron chi connectivity index (χ3n) is 7.33. The van der Waals surface area contributed by atoms with Crippen LogP contribution in [0.25, 0.3) is 22.3 Å². The monoisotopic (exact) mass is 627 g/mol. The highest BCUT2D eigenvalue weighted by Crippen LogP contribution is 2.30. The Kier molecular flexibility index (Phi) is 7.77. The number of fused-ring (bicyclic) bond motifs is 1. The van der Waals surface area contributed by atoms with Gasteiger partial charge in [-0.25, -0.2) is 13.2 Å². The minimum absolute atomic E-state index is 0.00458. The van der Waals surface area contributed by atoms with Crippen molar-refractivity contribution in [2.75, 3.05) is 36.9 Å². The fourth-order valence-electron chi connectivity index (χ4n) is 5.11. The van der Waals surface area contributed by atoms with Crippen molar-refractivity contribution >= 4 is 44.1 Å². The van der Waals surface area contributed by atoms with Crippen LogP contribution in [0.1, 0.15) is 26.4 Å². The number of aryl methyl sites for hydroxylation is 1. The third-order valence-corrected chi connectivity index (χ3v) is 9.23. The summed E-state index contributed by atoms with van der Waals surface area (Å²) in [6.07, 6.45) is 0. The number of nitriles is 1. The van der Waals surface area contributed by atoms with Gasteiger partial charge in [-0.3, -0.25) is 19.1 Å². The predicted molar refractivity (Wildman–Crippen MR) is 162 cm³/mol. The lowest BCUT2D eigenvalue weighted by Crippen LogP contribution is -2.40. The summed E-state index contributed by atoms with van der Waals surface area (Å²) < 4.78 is 39.1. The zero-order valence-corrected chi connectivity index (χ0v) is 24.6. The molecule has 0 aliphatic carbocycles. The minimum Gasteiger partial charge on any atom is -0.379 e. The van der Waals surface area contributed by atoms with E-state index in [2.05, 4.69) is 25.3 Å². The highest BCUT2D eigenvalue weighted by Gasteiger charge is 2.27. The summed E-state index contributed by atoms with van der Waals surface area (Å²) in [6, 6.07) is 19.1. The summed E-state index contributed by atoms with van der Waals surface area (Å²) in [7, 11) is -2.14. The summed E-state index contributed by atoms with van der Waals surface area (Å²) in [5.74, 6) is -1.80. The van der Waals surface area contributed by atoms with Gasteiger partial charge in [-0.05, 0) is 48.5 Å². The number of anilines is 2. The van der Waals surface area contributed by atoms with Gasteiger partial charge < -0.3 is 19.9 Å². The average Bonchev–Trinajstić information content (AvgIpc) is 3.65. The lowest BCUT2D eigenvalue weighted by molar-refractivity contribution is 0.0730. The van der Waals surface area contributed by atoms with E-state index in [0.717, 1.165) is 0 Å². The highest BCUT2D eigenvalue weighted by molar-refractivity contribution is 7.89. The quantitative estimate of drug-likeness (QED) is 0.243. The van der Waals surface area contributed by atoms with E-state index in [1.165, 1.54) is 46.8 Å². The molecule has 2 aromatic heterocycles. The average molecular weight is 628 g/mol. The zero-order chi connectivity index (χ0) is 31.7. The molecule has 3 N–H and O–H groups in total. The number of rotatable bonds is 7. The maximum atomic E-state index is 13.5. The van der Waals surface area contributed by atoms with Gasteiger partial charge in [0, 0.05) is 36.7 Å². The molecule has 0 saturated carbocycles. The normalized spacial score (nSPS) is 13.8. The summed E-state index contributed by atoms with van der Waals surface area (Å²) in [5.41, 5.74) is 2.17. The number of aromatic amines is 1. The lowest BCUT2D eigenvalue weighted by Gasteiger charge is -2.26. The molecule has 0 unspecified atom stereocenters. The van der Waals surface area contributed by atoms with Crippen molar-refractivity contribution in [3.05, 3.63) is 94.1 Å². The van der Waals surface area contributed by atoms with Crippen LogP contribution >= 0.6 is 0 Å². The van der Waals surface area contributed by atoms with Crippen LogP contribution in [0, 0.1) is 11.3 Å². The van der Waals surface area contributed by atoms with Gasteiger partial charge in [0.15, 0.2) is 5.82 Å². The van der Waals surface area contributed by atoms with Crippen molar-refractivity contribution in [1.82, 2.24) is 19.0 Å². The van der Waals surface area contributed by atoms with Gasteiger partial charge in [-0.15, -0.1) is 0 Å². The van der Waals surface area contributed by atoms with E-state index >= 15 is 0 Å². The number of hydrogen-bond acceptors (Lipinski definition) is 9. The maximum absolute atomic E-state index is 13.5. The standard InChI is InChI=1S/C30H25N7O7S/c1-36-25(29(39)32-23-9-8-18(17-31)14-22(23)27-34-30(40)44-35-27)16-19-4-3-7-24(26(19)36)33-28(38)20-5-2-6-21(15-20)45(41,42)37-10-12-43-13-11-37/h2-9,14-16H,10-13H2,1H3,(H,32,39)(H,33,38)(H,34,35,40). The van der Waals surface area contributed by atoms with Crippen molar-refractivity contribution in [2.24, 2.45) is 7.05 Å². The number of aromatic nitrogens is 3. The molecule has 3 heterocycles. The van der Waals surface area contributed by atoms with Crippen molar-refractivity contribution in [2.45, 2.75) is 4.90 Å². The predicted octanol–water partition coefficient (Wildman–Crippen LogP) is 2.92. The largest absolute Gasteiger partial charge is 0.439 e. The Morgan fingerprint density at radius 2 is 1.73 bits per heavy atom. The molecule has 3 aromatic carbocycles. The first-order chi connectivity index (χ1) is 21.7. The van der Waals surface area contributed by atoms with Crippen molar-refractivity contribution < 1.29 is 27.3 Å². The molecule has 1 saturated heterocycles. The molecule has 5 aromatic rings. The first-order valence-corrected chi connectivity index (χ1v) is 15.1. The molecule has 228 valence electrons. The Hall–Kier alpha value is -5.56. The minimum atomic E-state index is -3.81. The summed E-state index contributed by atoms with van der Waals surface area (Å²) in [5, 5.41) is 19.3. The Morgan fingerprint density at radius 3 is 2.47 bits per heavy atom. The fraction of sp³-hybridized carbons (Fsp3) is 0.167. The van der Waals surface area contributed by atoms with E-state index in [4.69, 9.17) is 4.74 Å². The number of nitrogens with one attached hydrogen (secondary N) is 3. The molecule has 0 radical (unpaired) electrons. The van der Waals surface area contributed by atoms with Crippen LogP contribution < -0.4 is 16.4 Å². The fourth-order valence-corrected chi connectivity index (χ4v) is 6.57. The second kappa shape index (κ2) is 11.8. The van der Waals surface area contributed by atoms with Gasteiger partial charge >= 0.3 is 5.76 Å². The number of ether oxygens (including phenoxy) is 1. The highest BCUT2D eigenvalue weighted by atomic mass is 32.2. The number of amides is 2. The van der Waals surface area contributed by atoms with Crippen LogP contribution in [-0.4, -0.2) is 65.5 Å². The van der Waals surface area contributed by atoms with Crippen LogP contribution in [0.15, 0.2) is 80.9 Å². The molecule has 15 heteroatoms. The summed E-state index contributed by atoms with van der Waals surface area (Å²) >= 11 is 0. The third kappa shape index (κ3) is 5.72.